The Morgan fingerprint density at radius 3 is 1.29 bits per heavy atom. The van der Waals surface area contributed by atoms with Crippen molar-refractivity contribution in [3.05, 3.63) is 108 Å². The van der Waals surface area contributed by atoms with Crippen LogP contribution in [0.25, 0.3) is 44.9 Å². The fourth-order valence-corrected chi connectivity index (χ4v) is 9.27. The van der Waals surface area contributed by atoms with E-state index in [4.69, 9.17) is 4.98 Å². The number of nitrogens with one attached hydrogen (secondary N) is 3. The molecule has 0 bridgehead atoms. The summed E-state index contributed by atoms with van der Waals surface area (Å²) in [5.41, 5.74) is 1.87. The fraction of sp³-hybridized carbons (Fsp3) is 0.476. The molecule has 1 atom stereocenters. The molecule has 9 rings (SSSR count). The molecule has 8 aromatic rings. The lowest BCUT2D eigenvalue weighted by atomic mass is 9.78. The molecule has 19 nitrogen and oxygen atoms in total. The molecule has 23 heteroatoms. The van der Waals surface area contributed by atoms with Crippen LogP contribution in [0.4, 0.5) is 35.4 Å². The van der Waals surface area contributed by atoms with Crippen LogP contribution < -0.4 is 20.7 Å². The smallest absolute Gasteiger partial charge is 0.406 e. The van der Waals surface area contributed by atoms with Crippen LogP contribution in [-0.4, -0.2) is 83.0 Å². The second-order valence-corrected chi connectivity index (χ2v) is 26.6. The van der Waals surface area contributed by atoms with Crippen LogP contribution >= 0.6 is 0 Å². The number of halogens is 4. The van der Waals surface area contributed by atoms with Crippen molar-refractivity contribution < 1.29 is 52.0 Å². The summed E-state index contributed by atoms with van der Waals surface area (Å²) in [4.78, 5) is 65.0. The molecular formula is C63H80F4N12O7. The van der Waals surface area contributed by atoms with Crippen molar-refractivity contribution in [2.45, 2.75) is 172 Å². The molecule has 0 radical (unpaired) electrons. The van der Waals surface area contributed by atoms with Gasteiger partial charge in [0.1, 0.15) is 44.9 Å². The Kier molecular flexibility index (Phi) is 18.7. The van der Waals surface area contributed by atoms with Gasteiger partial charge in [0.25, 0.3) is 0 Å². The van der Waals surface area contributed by atoms with Gasteiger partial charge in [0.2, 0.25) is 35.6 Å². The molecule has 0 spiro atoms. The van der Waals surface area contributed by atoms with Crippen LogP contribution in [0, 0.1) is 28.5 Å². The Morgan fingerprint density at radius 2 is 0.919 bits per heavy atom. The summed E-state index contributed by atoms with van der Waals surface area (Å²) in [6, 6.07) is 21.4. The number of rotatable bonds is 14. The van der Waals surface area contributed by atoms with Gasteiger partial charge in [-0.15, -0.1) is 13.2 Å². The molecule has 6 N–H and O–H groups in total. The summed E-state index contributed by atoms with van der Waals surface area (Å²) in [5.74, 6) is -0.225. The number of alkyl halides is 3. The summed E-state index contributed by atoms with van der Waals surface area (Å²) in [6.07, 6.45) is -0.953. The Hall–Kier alpha value is -7.89. The van der Waals surface area contributed by atoms with E-state index in [2.05, 4.69) is 57.1 Å². The zero-order valence-corrected chi connectivity index (χ0v) is 51.8. The zero-order valence-electron chi connectivity index (χ0n) is 51.8. The van der Waals surface area contributed by atoms with E-state index < -0.39 is 23.2 Å². The van der Waals surface area contributed by atoms with E-state index in [1.54, 1.807) is 88.6 Å². The number of carbonyl (C=O) groups excluding carboxylic acids is 3. The van der Waals surface area contributed by atoms with Crippen LogP contribution in [-0.2, 0) is 36.7 Å². The van der Waals surface area contributed by atoms with E-state index in [1.165, 1.54) is 28.8 Å². The Labute approximate surface area is 498 Å². The molecule has 6 aromatic heterocycles. The van der Waals surface area contributed by atoms with Crippen molar-refractivity contribution in [3.63, 3.8) is 0 Å². The maximum atomic E-state index is 13.4. The number of amides is 3. The lowest BCUT2D eigenvalue weighted by Crippen LogP contribution is -2.39. The average molecular weight is 1190 g/mol. The van der Waals surface area contributed by atoms with Crippen molar-refractivity contribution in [1.29, 1.82) is 0 Å². The lowest BCUT2D eigenvalue weighted by molar-refractivity contribution is -0.274. The average Bonchev–Trinajstić information content (AvgIpc) is 1.75. The van der Waals surface area contributed by atoms with Crippen molar-refractivity contribution in [2.24, 2.45) is 22.7 Å². The highest BCUT2D eigenvalue weighted by molar-refractivity contribution is 5.94. The molecule has 1 fully saturated rings. The molecule has 86 heavy (non-hydrogen) atoms. The van der Waals surface area contributed by atoms with Gasteiger partial charge in [0, 0.05) is 24.3 Å². The fourth-order valence-electron chi connectivity index (χ4n) is 9.27. The number of aliphatic hydroxyl groups is 3. The molecule has 462 valence electrons. The predicted octanol–water partition coefficient (Wildman–Crippen LogP) is 12.9. The zero-order chi connectivity index (χ0) is 63.9. The summed E-state index contributed by atoms with van der Waals surface area (Å²) in [7, 11) is 0. The van der Waals surface area contributed by atoms with Crippen LogP contribution in [0.1, 0.15) is 160 Å². The number of benzene rings is 2. The summed E-state index contributed by atoms with van der Waals surface area (Å²) < 4.78 is 60.1. The van der Waals surface area contributed by atoms with Gasteiger partial charge in [-0.05, 0) is 169 Å². The third-order valence-electron chi connectivity index (χ3n) is 14.3. The molecule has 3 amide bonds. The molecule has 0 aliphatic heterocycles. The van der Waals surface area contributed by atoms with Gasteiger partial charge in [-0.2, -0.15) is 0 Å². The number of nitrogens with zero attached hydrogens (tertiary/aromatic N) is 9. The quantitative estimate of drug-likeness (QED) is 0.0555. The number of hydrogen-bond donors (Lipinski definition) is 6. The van der Waals surface area contributed by atoms with E-state index >= 15 is 0 Å². The summed E-state index contributed by atoms with van der Waals surface area (Å²) >= 11 is 0. The van der Waals surface area contributed by atoms with Crippen LogP contribution in [0.2, 0.25) is 0 Å². The van der Waals surface area contributed by atoms with Crippen molar-refractivity contribution in [2.75, 3.05) is 16.0 Å². The van der Waals surface area contributed by atoms with E-state index in [9.17, 15) is 47.3 Å². The minimum atomic E-state index is -4.81. The lowest BCUT2D eigenvalue weighted by Gasteiger charge is -2.40. The first-order chi connectivity index (χ1) is 39.6. The monoisotopic (exact) mass is 1190 g/mol. The molecule has 1 saturated carbocycles. The maximum absolute atomic E-state index is 13.4. The number of aromatic nitrogens is 9. The number of anilines is 3. The van der Waals surface area contributed by atoms with Crippen LogP contribution in [0.5, 0.6) is 5.75 Å². The molecule has 1 aliphatic carbocycles. The standard InChI is InChI=1S/C22H25F3N4O3.C21H25FN4O2.C20H30N4O2/c1-20(2,3)12-17(30)28-19-26-15-10-11-16(21(4,5)31)27-18(15)29(19)13-6-8-14(9-7-13)32-22(23,24)25;1-12(2)13(3)19(27)25-20-23-16-10-11-17(21(4,5)28)24-18(16)26(20)15-8-6-14(22)7-9-15;1-18(2,3)12-15(25)23-17-21-13-8-9-14(19(4,5)26)22-16(13)24(17)20(6)10-7-11-20/h6-11,31H,12H2,1-5H3,(H,26,28,30);6-13,28H,1-5H3,(H,23,25,27);8-9,26H,7,10-12H2,1-6H3,(H,21,23,25)/t;13-;/m.0./s1. The molecule has 0 unspecified atom stereocenters. The topological polar surface area (TPSA) is 249 Å². The highest BCUT2D eigenvalue weighted by Gasteiger charge is 2.39. The second kappa shape index (κ2) is 24.5. The first-order valence-corrected chi connectivity index (χ1v) is 28.5. The maximum Gasteiger partial charge on any atom is 0.573 e. The highest BCUT2D eigenvalue weighted by Crippen LogP contribution is 2.43. The predicted molar refractivity (Wildman–Crippen MR) is 323 cm³/mol. The Balaban J connectivity index is 0.000000186. The van der Waals surface area contributed by atoms with Gasteiger partial charge in [0.05, 0.1) is 28.5 Å². The number of fused-ring (bicyclic) bond motifs is 3. The normalized spacial score (nSPS) is 14.2. The van der Waals surface area contributed by atoms with Crippen molar-refractivity contribution in [3.8, 4) is 17.1 Å². The van der Waals surface area contributed by atoms with Crippen molar-refractivity contribution in [1.82, 2.24) is 43.6 Å². The second-order valence-electron chi connectivity index (χ2n) is 26.6. The third kappa shape index (κ3) is 16.3. The van der Waals surface area contributed by atoms with Crippen LogP contribution in [0.15, 0.2) is 84.9 Å². The Bertz CT molecular complexity index is 3740. The van der Waals surface area contributed by atoms with Gasteiger partial charge in [0.15, 0.2) is 16.9 Å². The number of hydrogen-bond acceptors (Lipinski definition) is 13. The SMILES string of the molecule is CC(C)(C)CC(=O)Nc1nc2ccc(C(C)(C)O)nc2n1-c1ccc(OC(F)(F)F)cc1.CC(C)(C)CC(=O)Nc1nc2ccc(C(C)(C)O)nc2n1C1(C)CCC1.CC(C)[C@H](C)C(=O)Nc1nc2ccc(C(C)(C)O)nc2n1-c1ccc(F)cc1. The van der Waals surface area contributed by atoms with Gasteiger partial charge in [-0.1, -0.05) is 62.3 Å². The Morgan fingerprint density at radius 1 is 0.547 bits per heavy atom. The largest absolute Gasteiger partial charge is 0.573 e. The molecule has 1 aliphatic rings. The van der Waals surface area contributed by atoms with E-state index in [1.807, 2.05) is 68.4 Å². The summed E-state index contributed by atoms with van der Waals surface area (Å²) in [5, 5.41) is 39.6. The highest BCUT2D eigenvalue weighted by atomic mass is 19.4. The van der Waals surface area contributed by atoms with Gasteiger partial charge in [-0.25, -0.2) is 34.3 Å². The number of carbonyl (C=O) groups is 3. The van der Waals surface area contributed by atoms with Gasteiger partial charge < -0.3 is 20.1 Å². The first-order valence-electron chi connectivity index (χ1n) is 28.5. The minimum absolute atomic E-state index is 0.0420. The summed E-state index contributed by atoms with van der Waals surface area (Å²) in [6.45, 7) is 29.8. The minimum Gasteiger partial charge on any atom is -0.406 e. The number of pyridine rings is 3. The number of imidazole rings is 3. The van der Waals surface area contributed by atoms with Crippen molar-refractivity contribution >= 4 is 69.1 Å². The van der Waals surface area contributed by atoms with Crippen LogP contribution in [0.3, 0.4) is 0 Å². The van der Waals surface area contributed by atoms with E-state index in [-0.39, 0.29) is 69.9 Å². The molecule has 6 heterocycles. The first kappa shape index (κ1) is 65.6. The number of ether oxygens (including phenoxy) is 1. The molecule has 2 aromatic carbocycles. The van der Waals surface area contributed by atoms with Gasteiger partial charge >= 0.3 is 6.36 Å². The van der Waals surface area contributed by atoms with E-state index in [0.29, 0.717) is 69.1 Å². The molecular weight excluding hydrogens is 1110 g/mol. The van der Waals surface area contributed by atoms with Gasteiger partial charge in [-0.3, -0.25) is 44.0 Å². The molecule has 0 saturated heterocycles. The third-order valence-corrected chi connectivity index (χ3v) is 14.3. The van der Waals surface area contributed by atoms with E-state index in [0.717, 1.165) is 42.6 Å².